The number of carbonyl (C=O) groups is 2. The molecule has 1 aliphatic rings. The second-order valence-corrected chi connectivity index (χ2v) is 6.65. The number of benzene rings is 2. The van der Waals surface area contributed by atoms with Crippen LogP contribution in [0.1, 0.15) is 0 Å². The van der Waals surface area contributed by atoms with E-state index in [9.17, 15) is 9.59 Å². The summed E-state index contributed by atoms with van der Waals surface area (Å²) in [6.07, 6.45) is -0.691. The van der Waals surface area contributed by atoms with Gasteiger partial charge in [-0.3, -0.25) is 9.59 Å². The standard InChI is InChI=1S/C18H17Cl2N3O3/c1-21-18(25)16-9-23(14-4-2-3-5-15(14)26-16)10-17(24)22-13-7-11(19)6-12(20)8-13/h2-8,16H,9-10H2,1H3,(H,21,25)(H,22,24). The Morgan fingerprint density at radius 2 is 1.88 bits per heavy atom. The zero-order valence-electron chi connectivity index (χ0n) is 14.0. The third-order valence-electron chi connectivity index (χ3n) is 3.88. The van der Waals surface area contributed by atoms with Crippen LogP contribution in [0.5, 0.6) is 5.75 Å². The number of nitrogens with zero attached hydrogens (tertiary/aromatic N) is 1. The van der Waals surface area contributed by atoms with Gasteiger partial charge in [-0.25, -0.2) is 0 Å². The lowest BCUT2D eigenvalue weighted by Gasteiger charge is -2.35. The highest BCUT2D eigenvalue weighted by molar-refractivity contribution is 6.35. The predicted octanol–water partition coefficient (Wildman–Crippen LogP) is 2.95. The van der Waals surface area contributed by atoms with Crippen molar-refractivity contribution in [2.24, 2.45) is 0 Å². The lowest BCUT2D eigenvalue weighted by atomic mass is 10.1. The number of nitrogens with one attached hydrogen (secondary N) is 2. The molecule has 0 fully saturated rings. The minimum atomic E-state index is -0.691. The molecule has 0 radical (unpaired) electrons. The summed E-state index contributed by atoms with van der Waals surface area (Å²) in [7, 11) is 1.55. The zero-order valence-corrected chi connectivity index (χ0v) is 15.5. The molecule has 3 rings (SSSR count). The van der Waals surface area contributed by atoms with Gasteiger partial charge in [-0.05, 0) is 30.3 Å². The fraction of sp³-hybridized carbons (Fsp3) is 0.222. The fourth-order valence-corrected chi connectivity index (χ4v) is 3.28. The minimum Gasteiger partial charge on any atom is -0.477 e. The van der Waals surface area contributed by atoms with Crippen molar-refractivity contribution < 1.29 is 14.3 Å². The number of ether oxygens (including phenoxy) is 1. The first-order chi connectivity index (χ1) is 12.5. The maximum Gasteiger partial charge on any atom is 0.262 e. The van der Waals surface area contributed by atoms with Crippen LogP contribution >= 0.6 is 23.2 Å². The maximum atomic E-state index is 12.5. The van der Waals surface area contributed by atoms with Gasteiger partial charge in [0.25, 0.3) is 5.91 Å². The summed E-state index contributed by atoms with van der Waals surface area (Å²) in [4.78, 5) is 26.3. The third-order valence-corrected chi connectivity index (χ3v) is 4.32. The Morgan fingerprint density at radius 3 is 2.58 bits per heavy atom. The molecule has 0 bridgehead atoms. The molecule has 1 unspecified atom stereocenters. The van der Waals surface area contributed by atoms with Gasteiger partial charge in [0.1, 0.15) is 5.75 Å². The van der Waals surface area contributed by atoms with E-state index in [1.165, 1.54) is 0 Å². The largest absolute Gasteiger partial charge is 0.477 e. The molecule has 8 heteroatoms. The van der Waals surface area contributed by atoms with E-state index in [2.05, 4.69) is 10.6 Å². The van der Waals surface area contributed by atoms with Crippen molar-refractivity contribution in [2.45, 2.75) is 6.10 Å². The third kappa shape index (κ3) is 4.20. The summed E-state index contributed by atoms with van der Waals surface area (Å²) in [6.45, 7) is 0.318. The average Bonchev–Trinajstić information content (AvgIpc) is 2.59. The van der Waals surface area contributed by atoms with Crippen molar-refractivity contribution in [3.8, 4) is 5.75 Å². The Kier molecular flexibility index (Phi) is 5.54. The van der Waals surface area contributed by atoms with Crippen LogP contribution in [0.2, 0.25) is 10.0 Å². The maximum absolute atomic E-state index is 12.5. The summed E-state index contributed by atoms with van der Waals surface area (Å²) < 4.78 is 5.73. The quantitative estimate of drug-likeness (QED) is 0.837. The topological polar surface area (TPSA) is 70.7 Å². The number of para-hydroxylation sites is 2. The van der Waals surface area contributed by atoms with Crippen LogP contribution in [0.4, 0.5) is 11.4 Å². The molecule has 2 aromatic carbocycles. The SMILES string of the molecule is CNC(=O)C1CN(CC(=O)Nc2cc(Cl)cc(Cl)c2)c2ccccc2O1. The average molecular weight is 394 g/mol. The van der Waals surface area contributed by atoms with E-state index < -0.39 is 6.10 Å². The van der Waals surface area contributed by atoms with E-state index in [1.807, 2.05) is 18.2 Å². The molecule has 1 heterocycles. The Labute approximate surface area is 161 Å². The normalized spacial score (nSPS) is 15.7. The molecular weight excluding hydrogens is 377 g/mol. The van der Waals surface area contributed by atoms with Crippen molar-refractivity contribution in [3.05, 3.63) is 52.5 Å². The highest BCUT2D eigenvalue weighted by Gasteiger charge is 2.30. The summed E-state index contributed by atoms with van der Waals surface area (Å²) in [5, 5.41) is 6.21. The molecular formula is C18H17Cl2N3O3. The number of hydrogen-bond acceptors (Lipinski definition) is 4. The van der Waals surface area contributed by atoms with Gasteiger partial charge in [-0.2, -0.15) is 0 Å². The second-order valence-electron chi connectivity index (χ2n) is 5.78. The van der Waals surface area contributed by atoms with Crippen molar-refractivity contribution in [1.82, 2.24) is 5.32 Å². The number of amides is 2. The van der Waals surface area contributed by atoms with Gasteiger partial charge in [0.05, 0.1) is 18.8 Å². The smallest absolute Gasteiger partial charge is 0.262 e. The summed E-state index contributed by atoms with van der Waals surface area (Å²) in [6, 6.07) is 12.1. The first-order valence-corrected chi connectivity index (χ1v) is 8.70. The lowest BCUT2D eigenvalue weighted by molar-refractivity contribution is -0.127. The highest BCUT2D eigenvalue weighted by Crippen LogP contribution is 2.33. The van der Waals surface area contributed by atoms with Crippen LogP contribution in [0, 0.1) is 0 Å². The molecule has 1 aliphatic heterocycles. The van der Waals surface area contributed by atoms with E-state index in [4.69, 9.17) is 27.9 Å². The van der Waals surface area contributed by atoms with E-state index in [0.29, 0.717) is 21.5 Å². The summed E-state index contributed by atoms with van der Waals surface area (Å²) in [5.74, 6) is 0.0631. The molecule has 2 N–H and O–H groups in total. The van der Waals surface area contributed by atoms with E-state index >= 15 is 0 Å². The first kappa shape index (κ1) is 18.4. The van der Waals surface area contributed by atoms with Gasteiger partial charge in [-0.1, -0.05) is 35.3 Å². The number of hydrogen-bond donors (Lipinski definition) is 2. The van der Waals surface area contributed by atoms with Crippen LogP contribution in [-0.4, -0.2) is 38.1 Å². The fourth-order valence-electron chi connectivity index (χ4n) is 2.75. The molecule has 0 aliphatic carbocycles. The van der Waals surface area contributed by atoms with Crippen molar-refractivity contribution >= 4 is 46.4 Å². The molecule has 0 saturated heterocycles. The van der Waals surface area contributed by atoms with E-state index in [1.54, 1.807) is 36.2 Å². The molecule has 1 atom stereocenters. The number of fused-ring (bicyclic) bond motifs is 1. The number of rotatable bonds is 4. The number of halogens is 2. The van der Waals surface area contributed by atoms with Gasteiger partial charge >= 0.3 is 0 Å². The molecule has 2 amide bonds. The van der Waals surface area contributed by atoms with Crippen LogP contribution in [0.15, 0.2) is 42.5 Å². The van der Waals surface area contributed by atoms with Crippen LogP contribution in [-0.2, 0) is 9.59 Å². The van der Waals surface area contributed by atoms with Gasteiger partial charge in [0, 0.05) is 22.8 Å². The number of carbonyl (C=O) groups excluding carboxylic acids is 2. The Hall–Kier alpha value is -2.44. The Morgan fingerprint density at radius 1 is 1.19 bits per heavy atom. The van der Waals surface area contributed by atoms with Crippen molar-refractivity contribution in [3.63, 3.8) is 0 Å². The molecule has 0 aromatic heterocycles. The number of anilines is 2. The lowest BCUT2D eigenvalue weighted by Crippen LogP contribution is -2.50. The van der Waals surface area contributed by atoms with Crippen molar-refractivity contribution in [2.75, 3.05) is 30.4 Å². The monoisotopic (exact) mass is 393 g/mol. The zero-order chi connectivity index (χ0) is 18.7. The highest BCUT2D eigenvalue weighted by atomic mass is 35.5. The molecule has 26 heavy (non-hydrogen) atoms. The van der Waals surface area contributed by atoms with E-state index in [0.717, 1.165) is 5.69 Å². The van der Waals surface area contributed by atoms with Gasteiger partial charge in [0.15, 0.2) is 6.10 Å². The molecule has 6 nitrogen and oxygen atoms in total. The van der Waals surface area contributed by atoms with Gasteiger partial charge in [0.2, 0.25) is 5.91 Å². The van der Waals surface area contributed by atoms with Gasteiger partial charge < -0.3 is 20.3 Å². The molecule has 0 saturated carbocycles. The summed E-state index contributed by atoms with van der Waals surface area (Å²) >= 11 is 11.9. The summed E-state index contributed by atoms with van der Waals surface area (Å²) in [5.41, 5.74) is 1.27. The Bertz CT molecular complexity index is 824. The molecule has 136 valence electrons. The second kappa shape index (κ2) is 7.85. The number of likely N-dealkylation sites (N-methyl/N-ethyl adjacent to an activating group) is 1. The minimum absolute atomic E-state index is 0.0536. The van der Waals surface area contributed by atoms with Crippen LogP contribution in [0.25, 0.3) is 0 Å². The van der Waals surface area contributed by atoms with Crippen molar-refractivity contribution in [1.29, 1.82) is 0 Å². The Balaban J connectivity index is 1.76. The predicted molar refractivity (Wildman–Crippen MR) is 102 cm³/mol. The van der Waals surface area contributed by atoms with Crippen LogP contribution < -0.4 is 20.3 Å². The van der Waals surface area contributed by atoms with Crippen LogP contribution in [0.3, 0.4) is 0 Å². The molecule has 2 aromatic rings. The van der Waals surface area contributed by atoms with Gasteiger partial charge in [-0.15, -0.1) is 0 Å². The first-order valence-electron chi connectivity index (χ1n) is 7.94. The van der Waals surface area contributed by atoms with E-state index in [-0.39, 0.29) is 24.9 Å². The molecule has 0 spiro atoms.